The second kappa shape index (κ2) is 10.8. The van der Waals surface area contributed by atoms with E-state index in [9.17, 15) is 32.9 Å². The number of alkyl halides is 3. The molecule has 2 aliphatic carbocycles. The molecule has 2 saturated carbocycles. The van der Waals surface area contributed by atoms with Gasteiger partial charge in [-0.2, -0.15) is 13.2 Å². The SMILES string of the molecule is O=C(OC1CCC(CN2CCN(c3cc(=O)c4cc(C(F)(F)F)cc([N+](=O)[O-])c4s3)CC2)CC1)C1CCC1. The lowest BCUT2D eigenvalue weighted by Crippen LogP contribution is -2.48. The van der Waals surface area contributed by atoms with Crippen LogP contribution in [0.2, 0.25) is 0 Å². The van der Waals surface area contributed by atoms with Crippen molar-refractivity contribution in [1.29, 1.82) is 0 Å². The third-order valence-corrected chi connectivity index (χ3v) is 9.25. The highest BCUT2D eigenvalue weighted by molar-refractivity contribution is 7.22. The van der Waals surface area contributed by atoms with Crippen LogP contribution in [-0.2, 0) is 15.7 Å². The maximum atomic E-state index is 13.2. The van der Waals surface area contributed by atoms with Gasteiger partial charge in [-0.3, -0.25) is 24.6 Å². The zero-order chi connectivity index (χ0) is 27.0. The number of hydrogen-bond acceptors (Lipinski definition) is 8. The molecule has 0 N–H and O–H groups in total. The first-order valence-corrected chi connectivity index (χ1v) is 13.9. The molecule has 5 rings (SSSR count). The summed E-state index contributed by atoms with van der Waals surface area (Å²) in [6.07, 6.45) is 2.07. The number of anilines is 1. The van der Waals surface area contributed by atoms with E-state index in [1.54, 1.807) is 0 Å². The minimum Gasteiger partial charge on any atom is -0.462 e. The van der Waals surface area contributed by atoms with E-state index in [-0.39, 0.29) is 28.1 Å². The summed E-state index contributed by atoms with van der Waals surface area (Å²) < 4.78 is 45.3. The predicted octanol–water partition coefficient (Wildman–Crippen LogP) is 5.21. The third-order valence-electron chi connectivity index (χ3n) is 8.04. The maximum absolute atomic E-state index is 13.2. The summed E-state index contributed by atoms with van der Waals surface area (Å²) in [6.45, 7) is 3.68. The lowest BCUT2D eigenvalue weighted by atomic mass is 9.84. The molecule has 0 bridgehead atoms. The van der Waals surface area contributed by atoms with Gasteiger partial charge in [0.15, 0.2) is 5.43 Å². The Balaban J connectivity index is 1.19. The Hall–Kier alpha value is -2.73. The number of non-ortho nitro benzene ring substituents is 1. The van der Waals surface area contributed by atoms with Crippen molar-refractivity contribution in [3.63, 3.8) is 0 Å². The quantitative estimate of drug-likeness (QED) is 0.275. The normalized spacial score (nSPS) is 23.3. The highest BCUT2D eigenvalue weighted by atomic mass is 32.1. The summed E-state index contributed by atoms with van der Waals surface area (Å²) in [4.78, 5) is 39.8. The van der Waals surface area contributed by atoms with Gasteiger partial charge < -0.3 is 9.64 Å². The Morgan fingerprint density at radius 2 is 1.74 bits per heavy atom. The standard InChI is InChI=1S/C26H30F3N3O5S/c27-26(28,29)18-12-20-22(33)14-23(38-24(20)21(13-18)32(35)36)31-10-8-30(9-11-31)15-16-4-6-19(7-5-16)37-25(34)17-2-1-3-17/h12-14,16-17,19H,1-11,15H2. The molecule has 0 radical (unpaired) electrons. The van der Waals surface area contributed by atoms with Crippen LogP contribution in [0.5, 0.6) is 0 Å². The van der Waals surface area contributed by atoms with E-state index < -0.39 is 27.8 Å². The fourth-order valence-electron chi connectivity index (χ4n) is 5.54. The van der Waals surface area contributed by atoms with E-state index in [2.05, 4.69) is 4.90 Å². The van der Waals surface area contributed by atoms with Crippen molar-refractivity contribution >= 4 is 38.1 Å². The van der Waals surface area contributed by atoms with Crippen LogP contribution in [0.15, 0.2) is 23.0 Å². The number of fused-ring (bicyclic) bond motifs is 1. The molecule has 1 aliphatic heterocycles. The molecule has 3 fully saturated rings. The molecule has 38 heavy (non-hydrogen) atoms. The van der Waals surface area contributed by atoms with Crippen LogP contribution in [0, 0.1) is 22.0 Å². The van der Waals surface area contributed by atoms with Crippen molar-refractivity contribution in [2.24, 2.45) is 11.8 Å². The molecular formula is C26H30F3N3O5S. The molecule has 206 valence electrons. The van der Waals surface area contributed by atoms with Crippen LogP contribution in [0.1, 0.15) is 50.5 Å². The van der Waals surface area contributed by atoms with E-state index in [0.29, 0.717) is 36.1 Å². The molecular weight excluding hydrogens is 523 g/mol. The number of piperazine rings is 1. The number of halogens is 3. The van der Waals surface area contributed by atoms with Crippen molar-refractivity contribution in [2.75, 3.05) is 37.6 Å². The van der Waals surface area contributed by atoms with Gasteiger partial charge in [-0.1, -0.05) is 6.42 Å². The fraction of sp³-hybridized carbons (Fsp3) is 0.615. The minimum absolute atomic E-state index is 0.0297. The Morgan fingerprint density at radius 1 is 1.05 bits per heavy atom. The second-order valence-corrected chi connectivity index (χ2v) is 11.6. The van der Waals surface area contributed by atoms with E-state index >= 15 is 0 Å². The summed E-state index contributed by atoms with van der Waals surface area (Å²) in [5.74, 6) is 0.606. The molecule has 0 unspecified atom stereocenters. The Bertz CT molecular complexity index is 1260. The number of benzene rings is 1. The van der Waals surface area contributed by atoms with Crippen LogP contribution in [0.3, 0.4) is 0 Å². The number of rotatable bonds is 6. The number of nitro benzene ring substituents is 1. The average molecular weight is 554 g/mol. The van der Waals surface area contributed by atoms with E-state index in [1.165, 1.54) is 6.07 Å². The van der Waals surface area contributed by atoms with Gasteiger partial charge in [0.05, 0.1) is 21.4 Å². The van der Waals surface area contributed by atoms with Crippen LogP contribution >= 0.6 is 11.3 Å². The molecule has 2 heterocycles. The first-order valence-electron chi connectivity index (χ1n) is 13.1. The van der Waals surface area contributed by atoms with Gasteiger partial charge in [0, 0.05) is 50.2 Å². The smallest absolute Gasteiger partial charge is 0.416 e. The molecule has 8 nitrogen and oxygen atoms in total. The summed E-state index contributed by atoms with van der Waals surface area (Å²) in [5, 5.41) is 11.8. The van der Waals surface area contributed by atoms with Gasteiger partial charge in [-0.15, -0.1) is 11.3 Å². The van der Waals surface area contributed by atoms with E-state index in [1.807, 2.05) is 4.90 Å². The van der Waals surface area contributed by atoms with E-state index in [4.69, 9.17) is 4.74 Å². The van der Waals surface area contributed by atoms with Crippen molar-refractivity contribution in [3.05, 3.63) is 44.1 Å². The molecule has 3 aliphatic rings. The van der Waals surface area contributed by atoms with Crippen LogP contribution in [0.25, 0.3) is 10.1 Å². The van der Waals surface area contributed by atoms with Crippen molar-refractivity contribution in [3.8, 4) is 0 Å². The largest absolute Gasteiger partial charge is 0.462 e. The third kappa shape index (κ3) is 5.80. The van der Waals surface area contributed by atoms with Crippen molar-refractivity contribution in [1.82, 2.24) is 4.90 Å². The lowest BCUT2D eigenvalue weighted by Gasteiger charge is -2.38. The van der Waals surface area contributed by atoms with Gasteiger partial charge in [0.25, 0.3) is 5.69 Å². The first-order chi connectivity index (χ1) is 18.1. The van der Waals surface area contributed by atoms with Crippen LogP contribution < -0.4 is 10.3 Å². The van der Waals surface area contributed by atoms with Gasteiger partial charge in [-0.05, 0) is 50.5 Å². The van der Waals surface area contributed by atoms with Crippen LogP contribution in [-0.4, -0.2) is 54.6 Å². The lowest BCUT2D eigenvalue weighted by molar-refractivity contribution is -0.383. The summed E-state index contributed by atoms with van der Waals surface area (Å²) in [6, 6.07) is 2.49. The maximum Gasteiger partial charge on any atom is 0.416 e. The average Bonchev–Trinajstić information content (AvgIpc) is 2.83. The summed E-state index contributed by atoms with van der Waals surface area (Å²) in [7, 11) is 0. The Labute approximate surface area is 221 Å². The fourth-order valence-corrected chi connectivity index (χ4v) is 6.73. The molecule has 0 spiro atoms. The van der Waals surface area contributed by atoms with Gasteiger partial charge in [0.2, 0.25) is 0 Å². The number of carbonyl (C=O) groups excluding carboxylic acids is 1. The number of carbonyl (C=O) groups is 1. The number of ether oxygens (including phenoxy) is 1. The zero-order valence-corrected chi connectivity index (χ0v) is 21.7. The highest BCUT2D eigenvalue weighted by Crippen LogP contribution is 2.39. The van der Waals surface area contributed by atoms with Gasteiger partial charge >= 0.3 is 12.1 Å². The number of esters is 1. The van der Waals surface area contributed by atoms with Crippen molar-refractivity contribution < 1.29 is 27.6 Å². The molecule has 1 saturated heterocycles. The molecule has 2 aromatic rings. The van der Waals surface area contributed by atoms with E-state index in [0.717, 1.165) is 75.9 Å². The Morgan fingerprint density at radius 3 is 2.32 bits per heavy atom. The second-order valence-electron chi connectivity index (χ2n) is 10.6. The van der Waals surface area contributed by atoms with Gasteiger partial charge in [-0.25, -0.2) is 0 Å². The zero-order valence-electron chi connectivity index (χ0n) is 20.9. The topological polar surface area (TPSA) is 93.0 Å². The van der Waals surface area contributed by atoms with Gasteiger partial charge in [0.1, 0.15) is 10.8 Å². The minimum atomic E-state index is -4.79. The predicted molar refractivity (Wildman–Crippen MR) is 138 cm³/mol. The molecule has 12 heteroatoms. The number of hydrogen-bond donors (Lipinski definition) is 0. The molecule has 0 amide bonds. The molecule has 1 aromatic heterocycles. The monoisotopic (exact) mass is 553 g/mol. The van der Waals surface area contributed by atoms with Crippen LogP contribution in [0.4, 0.5) is 23.9 Å². The molecule has 1 aromatic carbocycles. The number of nitrogens with zero attached hydrogens (tertiary/aromatic N) is 3. The first kappa shape index (κ1) is 26.9. The summed E-state index contributed by atoms with van der Waals surface area (Å²) in [5.41, 5.74) is -2.56. The molecule has 0 atom stereocenters. The Kier molecular flexibility index (Phi) is 7.63. The summed E-state index contributed by atoms with van der Waals surface area (Å²) >= 11 is 0.988. The van der Waals surface area contributed by atoms with Crippen molar-refractivity contribution in [2.45, 2.75) is 57.2 Å². The highest BCUT2D eigenvalue weighted by Gasteiger charge is 2.35. The number of nitro groups is 1.